The van der Waals surface area contributed by atoms with Crippen LogP contribution in [0.1, 0.15) is 5.69 Å². The Balaban J connectivity index is 1.68. The van der Waals surface area contributed by atoms with Crippen molar-refractivity contribution >= 4 is 15.7 Å². The zero-order valence-corrected chi connectivity index (χ0v) is 12.3. The number of hydrogen-bond acceptors (Lipinski definition) is 4. The number of pyridine rings is 1. The van der Waals surface area contributed by atoms with Crippen molar-refractivity contribution in [3.05, 3.63) is 36.3 Å². The van der Waals surface area contributed by atoms with Crippen LogP contribution in [0.2, 0.25) is 0 Å². The van der Waals surface area contributed by atoms with Gasteiger partial charge in [0.05, 0.1) is 18.1 Å². The van der Waals surface area contributed by atoms with E-state index in [1.165, 1.54) is 10.6 Å². The molecule has 108 valence electrons. The summed E-state index contributed by atoms with van der Waals surface area (Å²) >= 11 is 0. The molecule has 1 aliphatic heterocycles. The van der Waals surface area contributed by atoms with Crippen molar-refractivity contribution in [2.24, 2.45) is 0 Å². The maximum Gasteiger partial charge on any atom is 0.211 e. The molecular weight excluding hydrogens is 276 g/mol. The molecule has 2 aromatic heterocycles. The largest absolute Gasteiger partial charge is 0.303 e. The Morgan fingerprint density at radius 1 is 1.20 bits per heavy atom. The van der Waals surface area contributed by atoms with Crippen LogP contribution in [0.25, 0.3) is 5.65 Å². The van der Waals surface area contributed by atoms with Gasteiger partial charge in [0.15, 0.2) is 0 Å². The van der Waals surface area contributed by atoms with Crippen LogP contribution in [0.5, 0.6) is 0 Å². The van der Waals surface area contributed by atoms with Gasteiger partial charge in [-0.3, -0.25) is 4.90 Å². The normalized spacial score (nSPS) is 18.6. The van der Waals surface area contributed by atoms with Gasteiger partial charge in [-0.25, -0.2) is 13.4 Å². The molecule has 0 aromatic carbocycles. The van der Waals surface area contributed by atoms with Crippen molar-refractivity contribution in [2.75, 3.05) is 32.4 Å². The predicted octanol–water partition coefficient (Wildman–Crippen LogP) is 0.411. The van der Waals surface area contributed by atoms with E-state index in [9.17, 15) is 8.42 Å². The van der Waals surface area contributed by atoms with Gasteiger partial charge in [-0.1, -0.05) is 6.07 Å². The number of imidazole rings is 1. The van der Waals surface area contributed by atoms with Gasteiger partial charge in [0.2, 0.25) is 10.0 Å². The number of sulfonamides is 1. The summed E-state index contributed by atoms with van der Waals surface area (Å²) in [5.41, 5.74) is 2.07. The van der Waals surface area contributed by atoms with Crippen molar-refractivity contribution in [3.8, 4) is 0 Å². The van der Waals surface area contributed by atoms with Gasteiger partial charge in [-0.05, 0) is 12.1 Å². The first-order chi connectivity index (χ1) is 9.54. The van der Waals surface area contributed by atoms with Crippen molar-refractivity contribution in [1.82, 2.24) is 18.6 Å². The van der Waals surface area contributed by atoms with E-state index >= 15 is 0 Å². The summed E-state index contributed by atoms with van der Waals surface area (Å²) in [6.07, 6.45) is 5.16. The van der Waals surface area contributed by atoms with Crippen molar-refractivity contribution < 1.29 is 8.42 Å². The molecule has 3 rings (SSSR count). The second kappa shape index (κ2) is 5.16. The fourth-order valence-electron chi connectivity index (χ4n) is 2.55. The van der Waals surface area contributed by atoms with E-state index < -0.39 is 10.0 Å². The van der Waals surface area contributed by atoms with Gasteiger partial charge in [0.1, 0.15) is 5.65 Å². The molecule has 0 radical (unpaired) electrons. The molecule has 1 fully saturated rings. The lowest BCUT2D eigenvalue weighted by atomic mass is 10.3. The molecule has 0 saturated carbocycles. The highest BCUT2D eigenvalue weighted by atomic mass is 32.2. The lowest BCUT2D eigenvalue weighted by Crippen LogP contribution is -2.47. The lowest BCUT2D eigenvalue weighted by Gasteiger charge is -2.32. The summed E-state index contributed by atoms with van der Waals surface area (Å²) in [4.78, 5) is 6.63. The summed E-state index contributed by atoms with van der Waals surface area (Å²) in [7, 11) is -3.06. The molecule has 2 aromatic rings. The van der Waals surface area contributed by atoms with Crippen LogP contribution in [-0.2, 0) is 16.6 Å². The van der Waals surface area contributed by atoms with Crippen LogP contribution in [0, 0.1) is 0 Å². The Morgan fingerprint density at radius 3 is 2.65 bits per heavy atom. The highest BCUT2D eigenvalue weighted by molar-refractivity contribution is 7.88. The van der Waals surface area contributed by atoms with E-state index in [0.29, 0.717) is 13.1 Å². The molecule has 0 bridgehead atoms. The van der Waals surface area contributed by atoms with Gasteiger partial charge >= 0.3 is 0 Å². The first kappa shape index (κ1) is 13.5. The van der Waals surface area contributed by atoms with Gasteiger partial charge in [0, 0.05) is 38.9 Å². The van der Waals surface area contributed by atoms with Crippen LogP contribution in [0.4, 0.5) is 0 Å². The molecule has 1 aliphatic rings. The maximum atomic E-state index is 11.5. The van der Waals surface area contributed by atoms with Crippen LogP contribution >= 0.6 is 0 Å². The number of piperazine rings is 1. The fraction of sp³-hybridized carbons (Fsp3) is 0.462. The minimum atomic E-state index is -3.06. The first-order valence-corrected chi connectivity index (χ1v) is 8.47. The van der Waals surface area contributed by atoms with Crippen LogP contribution in [0.3, 0.4) is 0 Å². The number of rotatable bonds is 3. The molecular formula is C13H18N4O2S. The quantitative estimate of drug-likeness (QED) is 0.823. The maximum absolute atomic E-state index is 11.5. The van der Waals surface area contributed by atoms with Crippen molar-refractivity contribution in [3.63, 3.8) is 0 Å². The average molecular weight is 294 g/mol. The number of nitrogens with zero attached hydrogens (tertiary/aromatic N) is 4. The molecule has 0 unspecified atom stereocenters. The van der Waals surface area contributed by atoms with Gasteiger partial charge < -0.3 is 4.40 Å². The van der Waals surface area contributed by atoms with E-state index in [1.54, 1.807) is 0 Å². The van der Waals surface area contributed by atoms with Crippen molar-refractivity contribution in [2.45, 2.75) is 6.54 Å². The first-order valence-electron chi connectivity index (χ1n) is 6.62. The van der Waals surface area contributed by atoms with Gasteiger partial charge in [-0.2, -0.15) is 4.31 Å². The Labute approximate surface area is 118 Å². The minimum Gasteiger partial charge on any atom is -0.303 e. The zero-order valence-electron chi connectivity index (χ0n) is 11.4. The van der Waals surface area contributed by atoms with E-state index in [0.717, 1.165) is 31.0 Å². The monoisotopic (exact) mass is 294 g/mol. The Hall–Kier alpha value is -1.44. The minimum absolute atomic E-state index is 0.565. The van der Waals surface area contributed by atoms with E-state index in [2.05, 4.69) is 14.3 Å². The summed E-state index contributed by atoms with van der Waals surface area (Å²) < 4.78 is 26.6. The standard InChI is InChI=1S/C13H18N4O2S/c1-20(18,19)16-8-6-15(7-9-16)11-12-10-14-13-4-2-3-5-17(12)13/h2-5,10H,6-9,11H2,1H3. The van der Waals surface area contributed by atoms with Gasteiger partial charge in [-0.15, -0.1) is 0 Å². The predicted molar refractivity (Wildman–Crippen MR) is 76.9 cm³/mol. The molecule has 20 heavy (non-hydrogen) atoms. The van der Waals surface area contributed by atoms with Crippen LogP contribution in [0.15, 0.2) is 30.6 Å². The summed E-state index contributed by atoms with van der Waals surface area (Å²) in [6, 6.07) is 5.93. The van der Waals surface area contributed by atoms with Gasteiger partial charge in [0.25, 0.3) is 0 Å². The number of fused-ring (bicyclic) bond motifs is 1. The zero-order chi connectivity index (χ0) is 14.2. The second-order valence-corrected chi connectivity index (χ2v) is 7.10. The van der Waals surface area contributed by atoms with Crippen molar-refractivity contribution in [1.29, 1.82) is 0 Å². The Morgan fingerprint density at radius 2 is 1.95 bits per heavy atom. The summed E-state index contributed by atoms with van der Waals surface area (Å²) in [6.45, 7) is 3.44. The van der Waals surface area contributed by atoms with E-state index in [4.69, 9.17) is 0 Å². The molecule has 7 heteroatoms. The summed E-state index contributed by atoms with van der Waals surface area (Å²) in [5.74, 6) is 0. The third kappa shape index (κ3) is 2.70. The molecule has 3 heterocycles. The third-order valence-corrected chi connectivity index (χ3v) is 4.98. The molecule has 0 amide bonds. The van der Waals surface area contributed by atoms with Crippen LogP contribution in [-0.4, -0.2) is 59.4 Å². The fourth-order valence-corrected chi connectivity index (χ4v) is 3.38. The number of hydrogen-bond donors (Lipinski definition) is 0. The molecule has 6 nitrogen and oxygen atoms in total. The van der Waals surface area contributed by atoms with Crippen LogP contribution < -0.4 is 0 Å². The molecule has 0 aliphatic carbocycles. The number of aromatic nitrogens is 2. The van der Waals surface area contributed by atoms with E-state index in [1.807, 2.05) is 30.6 Å². The van der Waals surface area contributed by atoms with E-state index in [-0.39, 0.29) is 0 Å². The molecule has 0 atom stereocenters. The highest BCUT2D eigenvalue weighted by Gasteiger charge is 2.23. The highest BCUT2D eigenvalue weighted by Crippen LogP contribution is 2.12. The summed E-state index contributed by atoms with van der Waals surface area (Å²) in [5, 5.41) is 0. The molecule has 0 spiro atoms. The SMILES string of the molecule is CS(=O)(=O)N1CCN(Cc2cnc3ccccn23)CC1. The Bertz CT molecular complexity index is 702. The second-order valence-electron chi connectivity index (χ2n) is 5.12. The Kier molecular flexibility index (Phi) is 3.49. The smallest absolute Gasteiger partial charge is 0.211 e. The molecule has 0 N–H and O–H groups in total. The lowest BCUT2D eigenvalue weighted by molar-refractivity contribution is 0.180. The topological polar surface area (TPSA) is 57.9 Å². The average Bonchev–Trinajstić information content (AvgIpc) is 2.82. The third-order valence-electron chi connectivity index (χ3n) is 3.68. The molecule has 1 saturated heterocycles.